The minimum Gasteiger partial charge on any atom is -0.450 e. The van der Waals surface area contributed by atoms with Gasteiger partial charge in [0.1, 0.15) is 0 Å². The van der Waals surface area contributed by atoms with Gasteiger partial charge in [0.05, 0.1) is 10.9 Å². The molecule has 0 saturated carbocycles. The van der Waals surface area contributed by atoms with Crippen molar-refractivity contribution in [3.8, 4) is 0 Å². The van der Waals surface area contributed by atoms with Crippen molar-refractivity contribution in [3.63, 3.8) is 0 Å². The first kappa shape index (κ1) is 18.0. The largest absolute Gasteiger partial charge is 0.450 e. The number of likely N-dealkylation sites (tertiary alicyclic amines) is 1. The molecule has 1 unspecified atom stereocenters. The third-order valence-corrected chi connectivity index (χ3v) is 6.06. The lowest BCUT2D eigenvalue weighted by molar-refractivity contribution is 0.0414. The van der Waals surface area contributed by atoms with Gasteiger partial charge in [-0.15, -0.1) is 11.3 Å². The average Bonchev–Trinajstić information content (AvgIpc) is 3.00. The molecular weight excluding hydrogens is 346 g/mol. The van der Waals surface area contributed by atoms with E-state index in [0.29, 0.717) is 12.6 Å². The van der Waals surface area contributed by atoms with Gasteiger partial charge in [-0.2, -0.15) is 0 Å². The fourth-order valence-corrected chi connectivity index (χ4v) is 4.74. The van der Waals surface area contributed by atoms with Crippen molar-refractivity contribution in [2.24, 2.45) is 0 Å². The van der Waals surface area contributed by atoms with E-state index in [4.69, 9.17) is 16.3 Å². The van der Waals surface area contributed by atoms with E-state index in [1.807, 2.05) is 17.9 Å². The van der Waals surface area contributed by atoms with E-state index in [0.717, 1.165) is 50.1 Å². The Morgan fingerprint density at radius 2 is 2.08 bits per heavy atom. The number of piperidine rings is 1. The predicted molar refractivity (Wildman–Crippen MR) is 97.8 cm³/mol. The van der Waals surface area contributed by atoms with Crippen LogP contribution in [0.4, 0.5) is 4.79 Å². The third kappa shape index (κ3) is 4.63. The minimum atomic E-state index is -0.169. The highest BCUT2D eigenvalue weighted by molar-refractivity contribution is 7.16. The molecule has 1 aromatic heterocycles. The molecular formula is C17H26ClN3O2S. The summed E-state index contributed by atoms with van der Waals surface area (Å²) < 4.78 is 5.97. The molecule has 1 aromatic rings. The second-order valence-electron chi connectivity index (χ2n) is 6.46. The Balaban J connectivity index is 1.48. The quantitative estimate of drug-likeness (QED) is 0.814. The number of ether oxygens (including phenoxy) is 1. The summed E-state index contributed by atoms with van der Waals surface area (Å²) in [6.07, 6.45) is 2.32. The van der Waals surface area contributed by atoms with Crippen molar-refractivity contribution in [2.45, 2.75) is 32.4 Å². The summed E-state index contributed by atoms with van der Waals surface area (Å²) in [7, 11) is 0. The van der Waals surface area contributed by atoms with Crippen molar-refractivity contribution in [1.82, 2.24) is 14.7 Å². The van der Waals surface area contributed by atoms with Crippen molar-refractivity contribution in [3.05, 3.63) is 21.3 Å². The van der Waals surface area contributed by atoms with E-state index in [-0.39, 0.29) is 6.09 Å². The Kier molecular flexibility index (Phi) is 6.38. The number of rotatable bonds is 4. The van der Waals surface area contributed by atoms with Crippen molar-refractivity contribution >= 4 is 29.0 Å². The molecule has 0 N–H and O–H groups in total. The summed E-state index contributed by atoms with van der Waals surface area (Å²) in [5.74, 6) is 0. The monoisotopic (exact) mass is 371 g/mol. The molecule has 0 bridgehead atoms. The van der Waals surface area contributed by atoms with Gasteiger partial charge in [0.15, 0.2) is 0 Å². The molecule has 2 aliphatic heterocycles. The molecule has 2 saturated heterocycles. The van der Waals surface area contributed by atoms with Crippen LogP contribution < -0.4 is 0 Å². The molecule has 0 aromatic carbocycles. The maximum Gasteiger partial charge on any atom is 0.409 e. The molecule has 3 rings (SSSR count). The van der Waals surface area contributed by atoms with E-state index in [1.54, 1.807) is 11.3 Å². The number of nitrogens with zero attached hydrogens (tertiary/aromatic N) is 3. The molecule has 0 aliphatic carbocycles. The molecule has 3 heterocycles. The van der Waals surface area contributed by atoms with Crippen LogP contribution in [0.2, 0.25) is 4.34 Å². The van der Waals surface area contributed by atoms with Gasteiger partial charge >= 0.3 is 6.09 Å². The second-order valence-corrected chi connectivity index (χ2v) is 8.26. The van der Waals surface area contributed by atoms with Crippen molar-refractivity contribution in [1.29, 1.82) is 0 Å². The lowest BCUT2D eigenvalue weighted by atomic mass is 10.0. The van der Waals surface area contributed by atoms with Crippen LogP contribution in [-0.2, 0) is 11.3 Å². The summed E-state index contributed by atoms with van der Waals surface area (Å²) in [6, 6.07) is 4.71. The maximum absolute atomic E-state index is 11.8. The lowest BCUT2D eigenvalue weighted by Gasteiger charge is -2.43. The van der Waals surface area contributed by atoms with E-state index in [2.05, 4.69) is 15.9 Å². The Morgan fingerprint density at radius 3 is 2.75 bits per heavy atom. The molecule has 2 aliphatic rings. The highest BCUT2D eigenvalue weighted by Gasteiger charge is 2.29. The number of piperazine rings is 1. The third-order valence-electron chi connectivity index (χ3n) is 4.85. The van der Waals surface area contributed by atoms with Gasteiger partial charge in [0.2, 0.25) is 0 Å². The van der Waals surface area contributed by atoms with Gasteiger partial charge in [-0.05, 0) is 38.4 Å². The summed E-state index contributed by atoms with van der Waals surface area (Å²) >= 11 is 7.72. The lowest BCUT2D eigenvalue weighted by Crippen LogP contribution is -2.55. The van der Waals surface area contributed by atoms with Gasteiger partial charge < -0.3 is 9.64 Å². The van der Waals surface area contributed by atoms with Gasteiger partial charge in [0, 0.05) is 50.2 Å². The Morgan fingerprint density at radius 1 is 1.29 bits per heavy atom. The van der Waals surface area contributed by atoms with Crippen LogP contribution in [0.5, 0.6) is 0 Å². The summed E-state index contributed by atoms with van der Waals surface area (Å²) in [6.45, 7) is 9.01. The van der Waals surface area contributed by atoms with Crippen LogP contribution in [0, 0.1) is 0 Å². The highest BCUT2D eigenvalue weighted by Crippen LogP contribution is 2.25. The highest BCUT2D eigenvalue weighted by atomic mass is 35.5. The number of hydrogen-bond acceptors (Lipinski definition) is 5. The van der Waals surface area contributed by atoms with E-state index < -0.39 is 0 Å². The van der Waals surface area contributed by atoms with Crippen LogP contribution in [-0.4, -0.2) is 72.7 Å². The number of amides is 1. The standard InChI is InChI=1S/C17H26ClN3O2S/c1-2-23-17(22)21-10-8-20(9-11-21)14-4-3-7-19(12-14)13-15-5-6-16(18)24-15/h5-6,14H,2-4,7-13H2,1H3. The molecule has 24 heavy (non-hydrogen) atoms. The SMILES string of the molecule is CCOC(=O)N1CCN(C2CCCN(Cc3ccc(Cl)s3)C2)CC1. The molecule has 5 nitrogen and oxygen atoms in total. The van der Waals surface area contributed by atoms with Crippen LogP contribution in [0.15, 0.2) is 12.1 Å². The maximum atomic E-state index is 11.8. The summed E-state index contributed by atoms with van der Waals surface area (Å²) in [5.41, 5.74) is 0. The second kappa shape index (κ2) is 8.52. The van der Waals surface area contributed by atoms with Crippen LogP contribution in [0.3, 0.4) is 0 Å². The molecule has 0 radical (unpaired) electrons. The Labute approximate surface area is 153 Å². The first-order chi connectivity index (χ1) is 11.7. The van der Waals surface area contributed by atoms with Crippen LogP contribution >= 0.6 is 22.9 Å². The van der Waals surface area contributed by atoms with E-state index >= 15 is 0 Å². The fraction of sp³-hybridized carbons (Fsp3) is 0.706. The Bertz CT molecular complexity index is 546. The zero-order valence-corrected chi connectivity index (χ0v) is 15.8. The molecule has 1 atom stereocenters. The first-order valence-electron chi connectivity index (χ1n) is 8.78. The van der Waals surface area contributed by atoms with Gasteiger partial charge in [-0.25, -0.2) is 4.79 Å². The summed E-state index contributed by atoms with van der Waals surface area (Å²) in [4.78, 5) is 20.1. The normalized spacial score (nSPS) is 23.4. The zero-order valence-electron chi connectivity index (χ0n) is 14.2. The van der Waals surface area contributed by atoms with Crippen LogP contribution in [0.1, 0.15) is 24.6 Å². The molecule has 2 fully saturated rings. The number of halogens is 1. The number of carbonyl (C=O) groups is 1. The predicted octanol–water partition coefficient (Wildman–Crippen LogP) is 3.14. The smallest absolute Gasteiger partial charge is 0.409 e. The molecule has 7 heteroatoms. The van der Waals surface area contributed by atoms with Gasteiger partial charge in [-0.3, -0.25) is 9.80 Å². The molecule has 0 spiro atoms. The Hall–Kier alpha value is -0.820. The fourth-order valence-electron chi connectivity index (χ4n) is 3.61. The topological polar surface area (TPSA) is 36.0 Å². The van der Waals surface area contributed by atoms with Crippen molar-refractivity contribution in [2.75, 3.05) is 45.9 Å². The zero-order chi connectivity index (χ0) is 16.9. The number of carbonyl (C=O) groups excluding carboxylic acids is 1. The van der Waals surface area contributed by atoms with Crippen LogP contribution in [0.25, 0.3) is 0 Å². The van der Waals surface area contributed by atoms with Gasteiger partial charge in [0.25, 0.3) is 0 Å². The molecule has 1 amide bonds. The average molecular weight is 372 g/mol. The van der Waals surface area contributed by atoms with E-state index in [1.165, 1.54) is 17.7 Å². The van der Waals surface area contributed by atoms with Gasteiger partial charge in [-0.1, -0.05) is 11.6 Å². The van der Waals surface area contributed by atoms with E-state index in [9.17, 15) is 4.79 Å². The number of hydrogen-bond donors (Lipinski definition) is 0. The summed E-state index contributed by atoms with van der Waals surface area (Å²) in [5, 5.41) is 0. The first-order valence-corrected chi connectivity index (χ1v) is 9.97. The molecule has 134 valence electrons. The number of thiophene rings is 1. The minimum absolute atomic E-state index is 0.169. The van der Waals surface area contributed by atoms with Crippen molar-refractivity contribution < 1.29 is 9.53 Å².